The van der Waals surface area contributed by atoms with Gasteiger partial charge in [-0.25, -0.2) is 4.99 Å². The normalized spacial score (nSPS) is 18.5. The third-order valence-electron chi connectivity index (χ3n) is 3.59. The van der Waals surface area contributed by atoms with Crippen molar-refractivity contribution >= 4 is 5.96 Å². The maximum Gasteiger partial charge on any atom is 0.191 e. The first kappa shape index (κ1) is 16.8. The molecule has 1 unspecified atom stereocenters. The summed E-state index contributed by atoms with van der Waals surface area (Å²) in [5.74, 6) is 0.843. The third kappa shape index (κ3) is 5.66. The maximum atomic E-state index is 5.63. The maximum absolute atomic E-state index is 5.63. The van der Waals surface area contributed by atoms with Crippen molar-refractivity contribution in [3.05, 3.63) is 35.4 Å². The first-order valence-corrected chi connectivity index (χ1v) is 8.02. The topological polar surface area (TPSA) is 54.9 Å². The molecule has 22 heavy (non-hydrogen) atoms. The minimum Gasteiger partial charge on any atom is -0.380 e. The number of aliphatic imine (C=N–C) groups is 1. The fourth-order valence-electron chi connectivity index (χ4n) is 2.51. The molecule has 1 saturated heterocycles. The number of hydrogen-bond acceptors (Lipinski definition) is 3. The zero-order valence-electron chi connectivity index (χ0n) is 13.6. The van der Waals surface area contributed by atoms with Gasteiger partial charge in [-0.15, -0.1) is 0 Å². The monoisotopic (exact) mass is 305 g/mol. The van der Waals surface area contributed by atoms with Crippen LogP contribution in [0, 0.1) is 0 Å². The van der Waals surface area contributed by atoms with Crippen LogP contribution in [-0.2, 0) is 22.6 Å². The molecule has 0 saturated carbocycles. The fraction of sp³-hybridized carbons (Fsp3) is 0.588. The van der Waals surface area contributed by atoms with E-state index in [-0.39, 0.29) is 0 Å². The summed E-state index contributed by atoms with van der Waals surface area (Å²) in [5, 5.41) is 6.64. The van der Waals surface area contributed by atoms with Crippen molar-refractivity contribution in [1.82, 2.24) is 10.6 Å². The van der Waals surface area contributed by atoms with E-state index in [1.54, 1.807) is 7.11 Å². The molecular weight excluding hydrogens is 278 g/mol. The van der Waals surface area contributed by atoms with Crippen LogP contribution >= 0.6 is 0 Å². The highest BCUT2D eigenvalue weighted by Gasteiger charge is 2.15. The molecule has 1 aliphatic heterocycles. The lowest BCUT2D eigenvalue weighted by molar-refractivity contribution is 0.114. The number of hydrogen-bond donors (Lipinski definition) is 2. The Morgan fingerprint density at radius 1 is 1.36 bits per heavy atom. The van der Waals surface area contributed by atoms with Crippen molar-refractivity contribution in [1.29, 1.82) is 0 Å². The Hall–Kier alpha value is -1.59. The van der Waals surface area contributed by atoms with Crippen LogP contribution in [0.25, 0.3) is 0 Å². The Morgan fingerprint density at radius 2 is 2.23 bits per heavy atom. The fourth-order valence-corrected chi connectivity index (χ4v) is 2.51. The Labute approximate surface area is 133 Å². The summed E-state index contributed by atoms with van der Waals surface area (Å²) in [4.78, 5) is 4.64. The van der Waals surface area contributed by atoms with Gasteiger partial charge in [-0.1, -0.05) is 24.3 Å². The predicted molar refractivity (Wildman–Crippen MR) is 88.9 cm³/mol. The highest BCUT2D eigenvalue weighted by atomic mass is 16.5. The van der Waals surface area contributed by atoms with Gasteiger partial charge in [0.05, 0.1) is 19.3 Å². The second kappa shape index (κ2) is 9.43. The number of nitrogens with zero attached hydrogens (tertiary/aromatic N) is 1. The van der Waals surface area contributed by atoms with Crippen molar-refractivity contribution in [2.45, 2.75) is 39.0 Å². The van der Waals surface area contributed by atoms with Crippen molar-refractivity contribution in [3.8, 4) is 0 Å². The van der Waals surface area contributed by atoms with Gasteiger partial charge in [0.25, 0.3) is 0 Å². The second-order valence-corrected chi connectivity index (χ2v) is 5.46. The van der Waals surface area contributed by atoms with E-state index >= 15 is 0 Å². The Kier molecular flexibility index (Phi) is 7.19. The van der Waals surface area contributed by atoms with Crippen LogP contribution < -0.4 is 10.6 Å². The largest absolute Gasteiger partial charge is 0.380 e. The molecule has 0 spiro atoms. The van der Waals surface area contributed by atoms with Crippen molar-refractivity contribution in [2.75, 3.05) is 26.8 Å². The number of nitrogens with one attached hydrogen (secondary N) is 2. The lowest BCUT2D eigenvalue weighted by Crippen LogP contribution is -2.41. The lowest BCUT2D eigenvalue weighted by Gasteiger charge is -2.14. The van der Waals surface area contributed by atoms with Crippen molar-refractivity contribution in [2.24, 2.45) is 4.99 Å². The van der Waals surface area contributed by atoms with Gasteiger partial charge in [-0.3, -0.25) is 0 Å². The minimum atomic E-state index is 0.314. The third-order valence-corrected chi connectivity index (χ3v) is 3.59. The summed E-state index contributed by atoms with van der Waals surface area (Å²) in [7, 11) is 1.71. The summed E-state index contributed by atoms with van der Waals surface area (Å²) in [5.41, 5.74) is 2.36. The Bertz CT molecular complexity index is 471. The molecule has 5 heteroatoms. The molecule has 1 heterocycles. The number of methoxy groups -OCH3 is 1. The summed E-state index contributed by atoms with van der Waals surface area (Å²) < 4.78 is 10.8. The van der Waals surface area contributed by atoms with Gasteiger partial charge in [0.2, 0.25) is 0 Å². The average molecular weight is 305 g/mol. The quantitative estimate of drug-likeness (QED) is 0.598. The van der Waals surface area contributed by atoms with E-state index in [0.717, 1.165) is 38.5 Å². The number of ether oxygens (including phenoxy) is 2. The van der Waals surface area contributed by atoms with E-state index in [4.69, 9.17) is 9.47 Å². The van der Waals surface area contributed by atoms with E-state index < -0.39 is 0 Å². The molecule has 0 radical (unpaired) electrons. The lowest BCUT2D eigenvalue weighted by atomic mass is 10.1. The van der Waals surface area contributed by atoms with Crippen molar-refractivity contribution in [3.63, 3.8) is 0 Å². The number of rotatable bonds is 7. The Balaban J connectivity index is 1.89. The van der Waals surface area contributed by atoms with Crippen LogP contribution in [0.1, 0.15) is 30.9 Å². The molecule has 1 fully saturated rings. The van der Waals surface area contributed by atoms with E-state index in [1.807, 2.05) is 6.07 Å². The number of benzene rings is 1. The first-order chi connectivity index (χ1) is 10.8. The van der Waals surface area contributed by atoms with Gasteiger partial charge in [0.1, 0.15) is 0 Å². The molecule has 2 rings (SSSR count). The van der Waals surface area contributed by atoms with Crippen LogP contribution in [0.4, 0.5) is 0 Å². The van der Waals surface area contributed by atoms with E-state index in [1.165, 1.54) is 11.1 Å². The Morgan fingerprint density at radius 3 is 2.95 bits per heavy atom. The van der Waals surface area contributed by atoms with Crippen LogP contribution in [0.15, 0.2) is 29.3 Å². The molecule has 1 aliphatic rings. The van der Waals surface area contributed by atoms with Gasteiger partial charge >= 0.3 is 0 Å². The number of guanidine groups is 1. The van der Waals surface area contributed by atoms with Crippen LogP contribution in [0.2, 0.25) is 0 Å². The van der Waals surface area contributed by atoms with Gasteiger partial charge in [-0.2, -0.15) is 0 Å². The second-order valence-electron chi connectivity index (χ2n) is 5.46. The molecule has 0 bridgehead atoms. The molecule has 0 amide bonds. The molecular formula is C17H27N3O2. The molecule has 1 atom stereocenters. The van der Waals surface area contributed by atoms with Gasteiger partial charge in [0.15, 0.2) is 5.96 Å². The van der Waals surface area contributed by atoms with Gasteiger partial charge in [-0.05, 0) is 30.9 Å². The molecule has 2 N–H and O–H groups in total. The smallest absolute Gasteiger partial charge is 0.191 e. The molecule has 122 valence electrons. The van der Waals surface area contributed by atoms with Crippen molar-refractivity contribution < 1.29 is 9.47 Å². The van der Waals surface area contributed by atoms with Crippen LogP contribution in [-0.4, -0.2) is 38.9 Å². The molecule has 5 nitrogen and oxygen atoms in total. The highest BCUT2D eigenvalue weighted by molar-refractivity contribution is 5.79. The molecule has 0 aromatic heterocycles. The summed E-state index contributed by atoms with van der Waals surface area (Å²) >= 11 is 0. The average Bonchev–Trinajstić information content (AvgIpc) is 3.04. The van der Waals surface area contributed by atoms with Crippen LogP contribution in [0.5, 0.6) is 0 Å². The summed E-state index contributed by atoms with van der Waals surface area (Å²) in [6.07, 6.45) is 2.60. The summed E-state index contributed by atoms with van der Waals surface area (Å²) in [6.45, 7) is 5.90. The molecule has 0 aliphatic carbocycles. The summed E-state index contributed by atoms with van der Waals surface area (Å²) in [6, 6.07) is 8.34. The highest BCUT2D eigenvalue weighted by Crippen LogP contribution is 2.10. The molecule has 1 aromatic rings. The standard InChI is InChI=1S/C17H27N3O2/c1-3-18-17(20-12-16-8-5-9-22-16)19-11-14-6-4-7-15(10-14)13-21-2/h4,6-7,10,16H,3,5,8-9,11-13H2,1-2H3,(H2,18,19,20). The minimum absolute atomic E-state index is 0.314. The van der Waals surface area contributed by atoms with Crippen LogP contribution in [0.3, 0.4) is 0 Å². The van der Waals surface area contributed by atoms with Gasteiger partial charge in [0, 0.05) is 26.8 Å². The predicted octanol–water partition coefficient (Wildman–Crippen LogP) is 2.07. The SMILES string of the molecule is CCNC(=NCc1cccc(COC)c1)NCC1CCCO1. The van der Waals surface area contributed by atoms with Gasteiger partial charge < -0.3 is 20.1 Å². The zero-order chi connectivity index (χ0) is 15.6. The zero-order valence-corrected chi connectivity index (χ0v) is 13.6. The van der Waals surface area contributed by atoms with E-state index in [2.05, 4.69) is 40.7 Å². The van der Waals surface area contributed by atoms with E-state index in [0.29, 0.717) is 19.3 Å². The molecule has 1 aromatic carbocycles. The van der Waals surface area contributed by atoms with E-state index in [9.17, 15) is 0 Å². The first-order valence-electron chi connectivity index (χ1n) is 8.02.